The van der Waals surface area contributed by atoms with E-state index in [4.69, 9.17) is 17.0 Å². The molecule has 1 aliphatic rings. The summed E-state index contributed by atoms with van der Waals surface area (Å²) < 4.78 is 7.08. The minimum Gasteiger partial charge on any atom is -0.496 e. The first-order chi connectivity index (χ1) is 13.9. The third-order valence-corrected chi connectivity index (χ3v) is 5.25. The number of H-pyrrole nitrogens is 1. The average molecular weight is 417 g/mol. The number of methoxy groups -OCH3 is 1. The number of ether oxygens (including phenoxy) is 1. The number of unbranched alkanes of at least 4 members (excludes halogenated alkanes) is 1. The van der Waals surface area contributed by atoms with Crippen molar-refractivity contribution >= 4 is 23.8 Å². The molecule has 1 aromatic heterocycles. The summed E-state index contributed by atoms with van der Waals surface area (Å²) in [5, 5.41) is 16.5. The molecule has 2 aromatic rings. The van der Waals surface area contributed by atoms with E-state index < -0.39 is 11.6 Å². The summed E-state index contributed by atoms with van der Waals surface area (Å²) in [6.45, 7) is 3.91. The summed E-state index contributed by atoms with van der Waals surface area (Å²) >= 11 is 5.20. The third kappa shape index (κ3) is 3.95. The first kappa shape index (κ1) is 20.8. The molecule has 1 amide bonds. The first-order valence-corrected chi connectivity index (χ1v) is 9.86. The van der Waals surface area contributed by atoms with Gasteiger partial charge < -0.3 is 9.84 Å². The number of benzene rings is 1. The Balaban J connectivity index is 2.09. The van der Waals surface area contributed by atoms with Gasteiger partial charge in [-0.05, 0) is 24.7 Å². The quantitative estimate of drug-likeness (QED) is 0.705. The second kappa shape index (κ2) is 8.60. The van der Waals surface area contributed by atoms with Crippen molar-refractivity contribution in [1.29, 1.82) is 0 Å². The topological polar surface area (TPSA) is 99.9 Å². The second-order valence-corrected chi connectivity index (χ2v) is 7.22. The number of para-hydroxylation sites is 1. The normalized spacial score (nSPS) is 16.0. The maximum absolute atomic E-state index is 12.6. The molecule has 8 nitrogen and oxygen atoms in total. The van der Waals surface area contributed by atoms with E-state index in [-0.39, 0.29) is 28.5 Å². The predicted octanol–water partition coefficient (Wildman–Crippen LogP) is 3.12. The lowest BCUT2D eigenvalue weighted by molar-refractivity contribution is -0.130. The highest BCUT2D eigenvalue weighted by atomic mass is 32.1. The molecule has 0 aliphatic carbocycles. The van der Waals surface area contributed by atoms with Crippen molar-refractivity contribution in [2.24, 2.45) is 5.10 Å². The molecule has 0 unspecified atom stereocenters. The maximum atomic E-state index is 12.6. The molecule has 1 aliphatic heterocycles. The molecular formula is C20H24N4O4S. The van der Waals surface area contributed by atoms with Gasteiger partial charge in [0.15, 0.2) is 4.77 Å². The van der Waals surface area contributed by atoms with Gasteiger partial charge in [-0.25, -0.2) is 5.01 Å². The van der Waals surface area contributed by atoms with Crippen LogP contribution in [0.3, 0.4) is 0 Å². The van der Waals surface area contributed by atoms with Gasteiger partial charge in [0.1, 0.15) is 11.3 Å². The lowest BCUT2D eigenvalue weighted by Crippen LogP contribution is -2.24. The van der Waals surface area contributed by atoms with Crippen molar-refractivity contribution < 1.29 is 14.6 Å². The van der Waals surface area contributed by atoms with Gasteiger partial charge >= 0.3 is 0 Å². The van der Waals surface area contributed by atoms with E-state index in [2.05, 4.69) is 10.1 Å². The van der Waals surface area contributed by atoms with E-state index in [1.807, 2.05) is 25.1 Å². The monoisotopic (exact) mass is 416 g/mol. The molecule has 29 heavy (non-hydrogen) atoms. The fraction of sp³-hybridized carbons (Fsp3) is 0.400. The summed E-state index contributed by atoms with van der Waals surface area (Å²) in [6, 6.07) is 6.91. The number of rotatable bonds is 6. The van der Waals surface area contributed by atoms with Crippen LogP contribution in [0.1, 0.15) is 50.3 Å². The van der Waals surface area contributed by atoms with Crippen molar-refractivity contribution in [1.82, 2.24) is 14.6 Å². The molecule has 2 N–H and O–H groups in total. The van der Waals surface area contributed by atoms with Crippen LogP contribution < -0.4 is 10.3 Å². The van der Waals surface area contributed by atoms with Crippen molar-refractivity contribution in [2.45, 2.75) is 45.7 Å². The van der Waals surface area contributed by atoms with Gasteiger partial charge in [0, 0.05) is 25.5 Å². The number of carbonyl (C=O) groups excluding carboxylic acids is 1. The van der Waals surface area contributed by atoms with E-state index >= 15 is 0 Å². The highest BCUT2D eigenvalue weighted by Gasteiger charge is 2.35. The zero-order valence-corrected chi connectivity index (χ0v) is 17.5. The Hall–Kier alpha value is -2.94. The number of nitrogens with zero attached hydrogens (tertiary/aromatic N) is 3. The Kier molecular flexibility index (Phi) is 6.17. The summed E-state index contributed by atoms with van der Waals surface area (Å²) in [5.41, 5.74) is 0.621. The number of amides is 1. The van der Waals surface area contributed by atoms with E-state index in [0.29, 0.717) is 18.0 Å². The van der Waals surface area contributed by atoms with Crippen LogP contribution >= 0.6 is 12.2 Å². The van der Waals surface area contributed by atoms with Gasteiger partial charge in [-0.15, -0.1) is 0 Å². The van der Waals surface area contributed by atoms with Crippen LogP contribution in [0.2, 0.25) is 0 Å². The number of hydrogen-bond donors (Lipinski definition) is 2. The second-order valence-electron chi connectivity index (χ2n) is 6.84. The smallest absolute Gasteiger partial charge is 0.264 e. The van der Waals surface area contributed by atoms with Crippen LogP contribution in [0.15, 0.2) is 34.2 Å². The third-order valence-electron chi connectivity index (χ3n) is 4.93. The Morgan fingerprint density at radius 3 is 2.79 bits per heavy atom. The number of hydrogen-bond acceptors (Lipinski definition) is 6. The zero-order valence-electron chi connectivity index (χ0n) is 16.6. The Morgan fingerprint density at radius 1 is 1.41 bits per heavy atom. The van der Waals surface area contributed by atoms with Crippen molar-refractivity contribution in [3.8, 4) is 11.6 Å². The summed E-state index contributed by atoms with van der Waals surface area (Å²) in [5.74, 6) is 0.123. The molecule has 1 atom stereocenters. The molecular weight excluding hydrogens is 392 g/mol. The van der Waals surface area contributed by atoms with Gasteiger partial charge in [0.25, 0.3) is 5.56 Å². The molecule has 0 bridgehead atoms. The number of carbonyl (C=O) groups is 1. The number of aromatic amines is 1. The highest BCUT2D eigenvalue weighted by Crippen LogP contribution is 2.37. The van der Waals surface area contributed by atoms with Gasteiger partial charge in [0.05, 0.1) is 18.9 Å². The highest BCUT2D eigenvalue weighted by molar-refractivity contribution is 7.71. The van der Waals surface area contributed by atoms with Crippen molar-refractivity contribution in [2.75, 3.05) is 7.11 Å². The number of aromatic hydroxyl groups is 1. The standard InChI is InChI=1S/C20H24N4O4S/c1-4-5-10-23-19(27)17(18(26)21-20(23)29)14-11-15(24(22-14)12(2)25)13-8-6-7-9-16(13)28-3/h6-9,15,27H,4-5,10-11H2,1-3H3,(H,21,26,29)/t15-/m1/s1. The van der Waals surface area contributed by atoms with Crippen LogP contribution in [0, 0.1) is 4.77 Å². The van der Waals surface area contributed by atoms with Crippen LogP contribution in [0.5, 0.6) is 11.6 Å². The minimum absolute atomic E-state index is 0.0401. The number of hydrazone groups is 1. The molecule has 0 fully saturated rings. The molecule has 3 rings (SSSR count). The van der Waals surface area contributed by atoms with E-state index in [0.717, 1.165) is 18.4 Å². The van der Waals surface area contributed by atoms with Crippen LogP contribution in [-0.2, 0) is 11.3 Å². The van der Waals surface area contributed by atoms with Crippen LogP contribution in [0.25, 0.3) is 0 Å². The van der Waals surface area contributed by atoms with Crippen LogP contribution in [-0.4, -0.2) is 38.4 Å². The van der Waals surface area contributed by atoms with Crippen molar-refractivity contribution in [3.05, 3.63) is 50.5 Å². The Labute approximate surface area is 173 Å². The van der Waals surface area contributed by atoms with Gasteiger partial charge in [-0.1, -0.05) is 31.5 Å². The van der Waals surface area contributed by atoms with E-state index in [1.54, 1.807) is 13.2 Å². The summed E-state index contributed by atoms with van der Waals surface area (Å²) in [6.07, 6.45) is 1.97. The lowest BCUT2D eigenvalue weighted by atomic mass is 9.98. The molecule has 154 valence electrons. The summed E-state index contributed by atoms with van der Waals surface area (Å²) in [7, 11) is 1.56. The van der Waals surface area contributed by atoms with E-state index in [9.17, 15) is 14.7 Å². The van der Waals surface area contributed by atoms with Crippen molar-refractivity contribution in [3.63, 3.8) is 0 Å². The number of aromatic nitrogens is 2. The molecule has 1 aromatic carbocycles. The maximum Gasteiger partial charge on any atom is 0.264 e. The van der Waals surface area contributed by atoms with Gasteiger partial charge in [-0.3, -0.25) is 19.1 Å². The first-order valence-electron chi connectivity index (χ1n) is 9.45. The molecule has 0 saturated carbocycles. The fourth-order valence-electron chi connectivity index (χ4n) is 3.48. The number of nitrogens with one attached hydrogen (secondary N) is 1. The molecule has 2 heterocycles. The van der Waals surface area contributed by atoms with Gasteiger partial charge in [0.2, 0.25) is 11.8 Å². The summed E-state index contributed by atoms with van der Waals surface area (Å²) in [4.78, 5) is 27.5. The SMILES string of the molecule is CCCCn1c(O)c(C2=NN(C(C)=O)[C@@H](c3ccccc3OC)C2)c(=O)[nH]c1=S. The molecule has 0 radical (unpaired) electrons. The molecule has 9 heteroatoms. The van der Waals surface area contributed by atoms with E-state index in [1.165, 1.54) is 16.5 Å². The zero-order chi connectivity index (χ0) is 21.1. The minimum atomic E-state index is -0.525. The molecule has 0 saturated heterocycles. The fourth-order valence-corrected chi connectivity index (χ4v) is 3.75. The largest absolute Gasteiger partial charge is 0.496 e. The lowest BCUT2D eigenvalue weighted by Gasteiger charge is -2.22. The average Bonchev–Trinajstić information content (AvgIpc) is 3.12. The van der Waals surface area contributed by atoms with Crippen LogP contribution in [0.4, 0.5) is 0 Å². The predicted molar refractivity (Wildman–Crippen MR) is 112 cm³/mol. The Morgan fingerprint density at radius 2 is 2.14 bits per heavy atom. The van der Waals surface area contributed by atoms with Gasteiger partial charge in [-0.2, -0.15) is 5.10 Å². The Bertz CT molecular complexity index is 1070. The molecule has 0 spiro atoms.